The first kappa shape index (κ1) is 14.3. The lowest BCUT2D eigenvalue weighted by Crippen LogP contribution is -2.46. The number of carbonyl (C=O) groups is 1. The molecular weight excluding hydrogens is 332 g/mol. The summed E-state index contributed by atoms with van der Waals surface area (Å²) < 4.78 is 2.61. The molecule has 1 heterocycles. The zero-order valence-electron chi connectivity index (χ0n) is 11.6. The molecule has 1 N–H and O–H groups in total. The monoisotopic (exact) mass is 348 g/mol. The van der Waals surface area contributed by atoms with Gasteiger partial charge in [-0.15, -0.1) is 5.10 Å². The minimum atomic E-state index is -0.0242. The summed E-state index contributed by atoms with van der Waals surface area (Å²) in [7, 11) is 0. The van der Waals surface area contributed by atoms with Crippen molar-refractivity contribution in [2.75, 3.05) is 6.54 Å². The maximum atomic E-state index is 12.0. The van der Waals surface area contributed by atoms with E-state index in [1.165, 1.54) is 16.7 Å². The molecule has 1 saturated carbocycles. The number of aromatic nitrogens is 3. The predicted octanol–water partition coefficient (Wildman–Crippen LogP) is 2.28. The lowest BCUT2D eigenvalue weighted by atomic mass is 9.64. The first-order chi connectivity index (χ1) is 10.2. The van der Waals surface area contributed by atoms with Crippen LogP contribution in [0.3, 0.4) is 0 Å². The average Bonchev–Trinajstić information content (AvgIpc) is 2.92. The molecule has 5 nitrogen and oxygen atoms in total. The third kappa shape index (κ3) is 3.15. The van der Waals surface area contributed by atoms with E-state index in [-0.39, 0.29) is 17.9 Å². The standard InChI is InChI=1S/C15H17BrN4O/c16-13-4-2-12(3-5-13)15(6-1-7-15)11-17-14(21)10-20-9-8-18-19-20/h2-5,8-9H,1,6-7,10-11H2,(H,17,21). The number of carbonyl (C=O) groups excluding carboxylic acids is 1. The number of hydrogen-bond acceptors (Lipinski definition) is 3. The van der Waals surface area contributed by atoms with E-state index in [1.54, 1.807) is 12.4 Å². The Morgan fingerprint density at radius 1 is 1.33 bits per heavy atom. The molecule has 1 aliphatic carbocycles. The Hall–Kier alpha value is -1.69. The van der Waals surface area contributed by atoms with Gasteiger partial charge in [0.05, 0.1) is 6.20 Å². The lowest BCUT2D eigenvalue weighted by molar-refractivity contribution is -0.122. The zero-order valence-corrected chi connectivity index (χ0v) is 13.2. The summed E-state index contributed by atoms with van der Waals surface area (Å²) in [4.78, 5) is 12.0. The molecule has 0 saturated heterocycles. The molecule has 1 amide bonds. The lowest BCUT2D eigenvalue weighted by Gasteiger charge is -2.42. The topological polar surface area (TPSA) is 59.8 Å². The Balaban J connectivity index is 1.62. The van der Waals surface area contributed by atoms with Crippen LogP contribution >= 0.6 is 15.9 Å². The molecule has 1 aliphatic rings. The highest BCUT2D eigenvalue weighted by Crippen LogP contribution is 2.43. The van der Waals surface area contributed by atoms with Gasteiger partial charge in [-0.05, 0) is 30.5 Å². The maximum absolute atomic E-state index is 12.0. The van der Waals surface area contributed by atoms with Crippen molar-refractivity contribution >= 4 is 21.8 Å². The number of halogens is 1. The van der Waals surface area contributed by atoms with Gasteiger partial charge in [0.2, 0.25) is 5.91 Å². The normalized spacial score (nSPS) is 16.2. The first-order valence-electron chi connectivity index (χ1n) is 7.05. The molecule has 2 aromatic rings. The number of hydrogen-bond donors (Lipinski definition) is 1. The van der Waals surface area contributed by atoms with Crippen molar-refractivity contribution in [3.05, 3.63) is 46.7 Å². The third-order valence-corrected chi connectivity index (χ3v) is 4.70. The maximum Gasteiger partial charge on any atom is 0.241 e. The Bertz CT molecular complexity index is 605. The van der Waals surface area contributed by atoms with E-state index in [0.29, 0.717) is 6.54 Å². The summed E-state index contributed by atoms with van der Waals surface area (Å²) in [6.07, 6.45) is 6.72. The van der Waals surface area contributed by atoms with E-state index in [2.05, 4.69) is 55.8 Å². The van der Waals surface area contributed by atoms with Gasteiger partial charge in [-0.1, -0.05) is 39.7 Å². The van der Waals surface area contributed by atoms with E-state index in [1.807, 2.05) is 0 Å². The summed E-state index contributed by atoms with van der Waals surface area (Å²) in [6, 6.07) is 8.42. The molecule has 0 spiro atoms. The van der Waals surface area contributed by atoms with Crippen molar-refractivity contribution in [3.8, 4) is 0 Å². The van der Waals surface area contributed by atoms with Crippen LogP contribution in [0.25, 0.3) is 0 Å². The van der Waals surface area contributed by atoms with Crippen molar-refractivity contribution in [1.29, 1.82) is 0 Å². The number of rotatable bonds is 5. The minimum Gasteiger partial charge on any atom is -0.354 e. The van der Waals surface area contributed by atoms with Crippen LogP contribution in [0.5, 0.6) is 0 Å². The Labute approximate surface area is 131 Å². The van der Waals surface area contributed by atoms with Crippen molar-refractivity contribution in [3.63, 3.8) is 0 Å². The first-order valence-corrected chi connectivity index (χ1v) is 7.84. The van der Waals surface area contributed by atoms with E-state index in [4.69, 9.17) is 0 Å². The molecule has 0 aliphatic heterocycles. The predicted molar refractivity (Wildman–Crippen MR) is 82.7 cm³/mol. The second kappa shape index (κ2) is 5.97. The molecule has 6 heteroatoms. The van der Waals surface area contributed by atoms with E-state index < -0.39 is 0 Å². The smallest absolute Gasteiger partial charge is 0.241 e. The molecule has 1 aromatic carbocycles. The van der Waals surface area contributed by atoms with Gasteiger partial charge in [-0.3, -0.25) is 4.79 Å². The van der Waals surface area contributed by atoms with Gasteiger partial charge >= 0.3 is 0 Å². The van der Waals surface area contributed by atoms with Gasteiger partial charge in [0, 0.05) is 22.6 Å². The molecule has 1 aromatic heterocycles. The van der Waals surface area contributed by atoms with E-state index in [9.17, 15) is 4.79 Å². The number of nitrogens with one attached hydrogen (secondary N) is 1. The fourth-order valence-electron chi connectivity index (χ4n) is 2.76. The molecule has 1 fully saturated rings. The second-order valence-corrected chi connectivity index (χ2v) is 6.43. The van der Waals surface area contributed by atoms with Crippen molar-refractivity contribution < 1.29 is 4.79 Å². The Morgan fingerprint density at radius 3 is 2.67 bits per heavy atom. The van der Waals surface area contributed by atoms with Crippen molar-refractivity contribution in [2.45, 2.75) is 31.2 Å². The summed E-state index contributed by atoms with van der Waals surface area (Å²) in [6.45, 7) is 0.901. The summed E-state index contributed by atoms with van der Waals surface area (Å²) in [5, 5.41) is 10.5. The zero-order chi connectivity index (χ0) is 14.7. The van der Waals surface area contributed by atoms with Crippen LogP contribution in [-0.4, -0.2) is 27.4 Å². The SMILES string of the molecule is O=C(Cn1ccnn1)NCC1(c2ccc(Br)cc2)CCC1. The molecule has 0 radical (unpaired) electrons. The minimum absolute atomic E-state index is 0.0242. The van der Waals surface area contributed by atoms with E-state index >= 15 is 0 Å². The van der Waals surface area contributed by atoms with Crippen LogP contribution in [0.1, 0.15) is 24.8 Å². The highest BCUT2D eigenvalue weighted by Gasteiger charge is 2.38. The number of benzene rings is 1. The van der Waals surface area contributed by atoms with Crippen LogP contribution in [0.4, 0.5) is 0 Å². The molecular formula is C15H17BrN4O. The fraction of sp³-hybridized carbons (Fsp3) is 0.400. The summed E-state index contributed by atoms with van der Waals surface area (Å²) >= 11 is 3.46. The second-order valence-electron chi connectivity index (χ2n) is 5.52. The highest BCUT2D eigenvalue weighted by atomic mass is 79.9. The highest BCUT2D eigenvalue weighted by molar-refractivity contribution is 9.10. The molecule has 110 valence electrons. The largest absolute Gasteiger partial charge is 0.354 e. The molecule has 21 heavy (non-hydrogen) atoms. The van der Waals surface area contributed by atoms with Crippen LogP contribution in [0, 0.1) is 0 Å². The van der Waals surface area contributed by atoms with Crippen LogP contribution in [0.2, 0.25) is 0 Å². The molecule has 0 atom stereocenters. The van der Waals surface area contributed by atoms with Gasteiger partial charge in [-0.2, -0.15) is 0 Å². The fourth-order valence-corrected chi connectivity index (χ4v) is 3.03. The van der Waals surface area contributed by atoms with Gasteiger partial charge in [0.15, 0.2) is 0 Å². The van der Waals surface area contributed by atoms with Gasteiger partial charge in [-0.25, -0.2) is 4.68 Å². The van der Waals surface area contributed by atoms with Crippen LogP contribution < -0.4 is 5.32 Å². The van der Waals surface area contributed by atoms with Crippen LogP contribution in [0.15, 0.2) is 41.1 Å². The molecule has 0 bridgehead atoms. The number of nitrogens with zero attached hydrogens (tertiary/aromatic N) is 3. The average molecular weight is 349 g/mol. The third-order valence-electron chi connectivity index (χ3n) is 4.17. The van der Waals surface area contributed by atoms with Crippen molar-refractivity contribution in [2.24, 2.45) is 0 Å². The Kier molecular flexibility index (Phi) is 4.05. The Morgan fingerprint density at radius 2 is 2.10 bits per heavy atom. The number of amides is 1. The molecule has 3 rings (SSSR count). The van der Waals surface area contributed by atoms with Crippen molar-refractivity contribution in [1.82, 2.24) is 20.3 Å². The van der Waals surface area contributed by atoms with Crippen LogP contribution in [-0.2, 0) is 16.8 Å². The quantitative estimate of drug-likeness (QED) is 0.901. The van der Waals surface area contributed by atoms with E-state index in [0.717, 1.165) is 17.3 Å². The molecule has 0 unspecified atom stereocenters. The van der Waals surface area contributed by atoms with Gasteiger partial charge in [0.1, 0.15) is 6.54 Å². The van der Waals surface area contributed by atoms with Gasteiger partial charge in [0.25, 0.3) is 0 Å². The van der Waals surface area contributed by atoms with Gasteiger partial charge < -0.3 is 5.32 Å². The summed E-state index contributed by atoms with van der Waals surface area (Å²) in [5.41, 5.74) is 1.40. The summed E-state index contributed by atoms with van der Waals surface area (Å²) in [5.74, 6) is -0.0242.